The van der Waals surface area contributed by atoms with Gasteiger partial charge in [-0.25, -0.2) is 9.79 Å². The molecule has 4 rings (SSSR count). The molecule has 2 heterocycles. The highest BCUT2D eigenvalue weighted by Crippen LogP contribution is 2.32. The lowest BCUT2D eigenvalue weighted by Gasteiger charge is -2.25. The molecule has 0 amide bonds. The predicted molar refractivity (Wildman–Crippen MR) is 147 cm³/mol. The maximum atomic E-state index is 13.8. The summed E-state index contributed by atoms with van der Waals surface area (Å²) in [6.07, 6.45) is 3.81. The minimum absolute atomic E-state index is 0.187. The highest BCUT2D eigenvalue weighted by atomic mass is 32.2. The maximum absolute atomic E-state index is 13.8. The first-order valence-corrected chi connectivity index (χ1v) is 13.9. The van der Waals surface area contributed by atoms with Gasteiger partial charge in [0.15, 0.2) is 16.3 Å². The van der Waals surface area contributed by atoms with Gasteiger partial charge in [-0.15, -0.1) is 11.8 Å². The first kappa shape index (κ1) is 26.8. The number of ether oxygens (including phenoxy) is 3. The van der Waals surface area contributed by atoms with Crippen LogP contribution in [0.2, 0.25) is 0 Å². The number of aromatic nitrogens is 1. The average Bonchev–Trinajstić information content (AvgIpc) is 3.20. The number of carbonyl (C=O) groups excluding carboxylic acids is 1. The van der Waals surface area contributed by atoms with Crippen LogP contribution >= 0.6 is 23.1 Å². The van der Waals surface area contributed by atoms with Gasteiger partial charge < -0.3 is 14.2 Å². The van der Waals surface area contributed by atoms with E-state index in [1.165, 1.54) is 11.3 Å². The summed E-state index contributed by atoms with van der Waals surface area (Å²) in [6, 6.07) is 12.7. The minimum atomic E-state index is -0.639. The Morgan fingerprint density at radius 3 is 2.46 bits per heavy atom. The summed E-state index contributed by atoms with van der Waals surface area (Å²) in [4.78, 5) is 33.4. The molecule has 1 aromatic heterocycles. The SMILES string of the molecule is COc1ccc(C=c2sc3n(c2=O)C(c2ccc(SC)cc2)C(C(=O)OCC(C)C)=C(C)N=3)cc1OC. The Balaban J connectivity index is 1.88. The third-order valence-corrected chi connectivity index (χ3v) is 7.65. The number of hydrogen-bond donors (Lipinski definition) is 0. The van der Waals surface area contributed by atoms with Crippen LogP contribution in [0, 0.1) is 5.92 Å². The van der Waals surface area contributed by atoms with E-state index in [-0.39, 0.29) is 18.1 Å². The van der Waals surface area contributed by atoms with Crippen molar-refractivity contribution in [3.63, 3.8) is 0 Å². The van der Waals surface area contributed by atoms with E-state index in [1.54, 1.807) is 49.6 Å². The van der Waals surface area contributed by atoms with Gasteiger partial charge in [-0.05, 0) is 60.6 Å². The third-order valence-electron chi connectivity index (χ3n) is 5.93. The molecule has 0 fully saturated rings. The molecule has 3 aromatic rings. The second-order valence-corrected chi connectivity index (χ2v) is 10.9. The lowest BCUT2D eigenvalue weighted by atomic mass is 9.96. The zero-order chi connectivity index (χ0) is 26.7. The molecule has 2 aromatic carbocycles. The highest BCUT2D eigenvalue weighted by Gasteiger charge is 2.33. The van der Waals surface area contributed by atoms with Crippen molar-refractivity contribution in [2.24, 2.45) is 10.9 Å². The van der Waals surface area contributed by atoms with Crippen LogP contribution in [0.4, 0.5) is 0 Å². The monoisotopic (exact) mass is 538 g/mol. The molecule has 1 atom stereocenters. The molecule has 1 aliphatic rings. The molecule has 0 bridgehead atoms. The molecular weight excluding hydrogens is 508 g/mol. The third kappa shape index (κ3) is 5.52. The number of benzene rings is 2. The number of esters is 1. The van der Waals surface area contributed by atoms with E-state index in [9.17, 15) is 9.59 Å². The number of fused-ring (bicyclic) bond motifs is 1. The van der Waals surface area contributed by atoms with E-state index >= 15 is 0 Å². The van der Waals surface area contributed by atoms with Crippen molar-refractivity contribution in [3.8, 4) is 11.5 Å². The fourth-order valence-corrected chi connectivity index (χ4v) is 5.55. The summed E-state index contributed by atoms with van der Waals surface area (Å²) in [6.45, 7) is 6.05. The number of hydrogen-bond acceptors (Lipinski definition) is 8. The zero-order valence-electron chi connectivity index (χ0n) is 21.7. The van der Waals surface area contributed by atoms with Crippen molar-refractivity contribution in [2.45, 2.75) is 31.7 Å². The van der Waals surface area contributed by atoms with E-state index in [2.05, 4.69) is 4.99 Å². The standard InChI is InChI=1S/C28H30N2O5S2/c1-16(2)15-35-27(32)24-17(3)29-28-30(25(24)19-8-10-20(36-6)11-9-19)26(31)23(37-28)14-18-7-12-21(33-4)22(13-18)34-5/h7-14,16,25H,15H2,1-6H3. The highest BCUT2D eigenvalue weighted by molar-refractivity contribution is 7.98. The van der Waals surface area contributed by atoms with Crippen LogP contribution in [-0.4, -0.2) is 37.6 Å². The first-order valence-electron chi connectivity index (χ1n) is 11.8. The van der Waals surface area contributed by atoms with Gasteiger partial charge in [-0.2, -0.15) is 0 Å². The summed E-state index contributed by atoms with van der Waals surface area (Å²) in [7, 11) is 3.15. The van der Waals surface area contributed by atoms with Gasteiger partial charge in [-0.3, -0.25) is 9.36 Å². The molecule has 37 heavy (non-hydrogen) atoms. The van der Waals surface area contributed by atoms with Gasteiger partial charge in [0.25, 0.3) is 5.56 Å². The number of carbonyl (C=O) groups is 1. The molecule has 0 radical (unpaired) electrons. The van der Waals surface area contributed by atoms with E-state index in [1.807, 2.05) is 56.5 Å². The summed E-state index contributed by atoms with van der Waals surface area (Å²) < 4.78 is 18.4. The van der Waals surface area contributed by atoms with E-state index in [0.717, 1.165) is 16.0 Å². The molecule has 7 nitrogen and oxygen atoms in total. The molecule has 194 valence electrons. The van der Waals surface area contributed by atoms with Crippen molar-refractivity contribution < 1.29 is 19.0 Å². The summed E-state index contributed by atoms with van der Waals surface area (Å²) in [5.41, 5.74) is 2.31. The van der Waals surface area contributed by atoms with Crippen molar-refractivity contribution in [1.29, 1.82) is 0 Å². The second kappa shape index (κ2) is 11.4. The smallest absolute Gasteiger partial charge is 0.338 e. The molecular formula is C28H30N2O5S2. The Labute approximate surface area is 224 Å². The van der Waals surface area contributed by atoms with Crippen molar-refractivity contribution in [3.05, 3.63) is 84.5 Å². The summed E-state index contributed by atoms with van der Waals surface area (Å²) >= 11 is 2.92. The fraction of sp³-hybridized carbons (Fsp3) is 0.321. The molecule has 9 heteroatoms. The largest absolute Gasteiger partial charge is 0.493 e. The first-order chi connectivity index (χ1) is 17.8. The fourth-order valence-electron chi connectivity index (χ4n) is 4.10. The van der Waals surface area contributed by atoms with Crippen molar-refractivity contribution in [2.75, 3.05) is 27.1 Å². The van der Waals surface area contributed by atoms with Crippen molar-refractivity contribution >= 4 is 35.1 Å². The van der Waals surface area contributed by atoms with Crippen LogP contribution < -0.4 is 24.4 Å². The van der Waals surface area contributed by atoms with E-state index in [0.29, 0.717) is 32.1 Å². The summed E-state index contributed by atoms with van der Waals surface area (Å²) in [5, 5.41) is 0. The summed E-state index contributed by atoms with van der Waals surface area (Å²) in [5.74, 6) is 0.909. The van der Waals surface area contributed by atoms with Gasteiger partial charge in [-0.1, -0.05) is 43.4 Å². The number of allylic oxidation sites excluding steroid dienone is 1. The lowest BCUT2D eigenvalue weighted by molar-refractivity contribution is -0.140. The quantitative estimate of drug-likeness (QED) is 0.316. The number of methoxy groups -OCH3 is 2. The number of nitrogens with zero attached hydrogens (tertiary/aromatic N) is 2. The van der Waals surface area contributed by atoms with Crippen LogP contribution in [0.5, 0.6) is 11.5 Å². The second-order valence-electron chi connectivity index (χ2n) is 8.96. The Morgan fingerprint density at radius 2 is 1.84 bits per heavy atom. The molecule has 0 aliphatic carbocycles. The topological polar surface area (TPSA) is 79.1 Å². The molecule has 0 saturated carbocycles. The predicted octanol–water partition coefficient (Wildman–Crippen LogP) is 4.17. The molecule has 0 N–H and O–H groups in total. The maximum Gasteiger partial charge on any atom is 0.338 e. The van der Waals surface area contributed by atoms with Gasteiger partial charge in [0.05, 0.1) is 42.7 Å². The van der Waals surface area contributed by atoms with Crippen LogP contribution in [0.1, 0.15) is 37.9 Å². The Bertz CT molecular complexity index is 1520. The number of thiazole rings is 1. The van der Waals surface area contributed by atoms with Crippen molar-refractivity contribution in [1.82, 2.24) is 4.57 Å². The van der Waals surface area contributed by atoms with Crippen LogP contribution in [-0.2, 0) is 9.53 Å². The molecule has 1 unspecified atom stereocenters. The van der Waals surface area contributed by atoms with Gasteiger partial charge in [0.2, 0.25) is 0 Å². The minimum Gasteiger partial charge on any atom is -0.493 e. The van der Waals surface area contributed by atoms with E-state index < -0.39 is 12.0 Å². The van der Waals surface area contributed by atoms with E-state index in [4.69, 9.17) is 14.2 Å². The van der Waals surface area contributed by atoms with Crippen LogP contribution in [0.3, 0.4) is 0 Å². The normalized spacial score (nSPS) is 15.4. The zero-order valence-corrected chi connectivity index (χ0v) is 23.4. The molecule has 0 spiro atoms. The number of thioether (sulfide) groups is 1. The van der Waals surface area contributed by atoms with Gasteiger partial charge in [0, 0.05) is 4.90 Å². The lowest BCUT2D eigenvalue weighted by Crippen LogP contribution is -2.40. The molecule has 0 saturated heterocycles. The number of rotatable bonds is 8. The Kier molecular flexibility index (Phi) is 8.24. The van der Waals surface area contributed by atoms with Crippen LogP contribution in [0.15, 0.2) is 68.4 Å². The molecule has 1 aliphatic heterocycles. The van der Waals surface area contributed by atoms with Gasteiger partial charge >= 0.3 is 5.97 Å². The Morgan fingerprint density at radius 1 is 1.14 bits per heavy atom. The Hall–Kier alpha value is -3.30. The van der Waals surface area contributed by atoms with Gasteiger partial charge in [0.1, 0.15) is 0 Å². The van der Waals surface area contributed by atoms with Crippen LogP contribution in [0.25, 0.3) is 6.08 Å². The average molecular weight is 539 g/mol.